The Morgan fingerprint density at radius 1 is 1.07 bits per heavy atom. The molecule has 1 heterocycles. The lowest BCUT2D eigenvalue weighted by Crippen LogP contribution is -2.36. The molecule has 0 atom stereocenters. The Hall–Kier alpha value is -3.27. The number of alkyl halides is 3. The molecular weight excluding hydrogens is 405 g/mol. The van der Waals surface area contributed by atoms with Crippen molar-refractivity contribution in [2.24, 2.45) is 0 Å². The number of nitrogens with one attached hydrogen (secondary N) is 1. The normalized spacial score (nSPS) is 14.2. The van der Waals surface area contributed by atoms with Gasteiger partial charge in [-0.3, -0.25) is 4.79 Å². The number of ether oxygens (including phenoxy) is 3. The summed E-state index contributed by atoms with van der Waals surface area (Å²) in [7, 11) is 1.10. The first-order chi connectivity index (χ1) is 14.3. The van der Waals surface area contributed by atoms with E-state index in [4.69, 9.17) is 4.74 Å². The molecule has 0 aliphatic carbocycles. The lowest BCUT2D eigenvalue weighted by Gasteiger charge is -2.31. The average molecular weight is 424 g/mol. The fraction of sp³-hybridized carbons (Fsp3) is 0.300. The number of halogens is 3. The number of methoxy groups -OCH3 is 1. The molecule has 0 radical (unpaired) electrons. The summed E-state index contributed by atoms with van der Waals surface area (Å²) >= 11 is 0. The maximum absolute atomic E-state index is 12.4. The van der Waals surface area contributed by atoms with Gasteiger partial charge in [-0.25, -0.2) is 4.79 Å². The van der Waals surface area contributed by atoms with Crippen LogP contribution in [0, 0.1) is 0 Å². The van der Waals surface area contributed by atoms with E-state index in [1.54, 1.807) is 18.2 Å². The maximum Gasteiger partial charge on any atom is 0.573 e. The monoisotopic (exact) mass is 424 g/mol. The minimum Gasteiger partial charge on any atom is -0.462 e. The zero-order valence-electron chi connectivity index (χ0n) is 16.0. The van der Waals surface area contributed by atoms with Gasteiger partial charge in [0, 0.05) is 30.0 Å². The Labute approximate surface area is 170 Å². The molecule has 2 aromatic rings. The molecule has 7 nitrogen and oxygen atoms in total. The Bertz CT molecular complexity index is 910. The largest absolute Gasteiger partial charge is 0.573 e. The molecule has 1 aliphatic heterocycles. The number of nitrogens with zero attached hydrogens (tertiary/aromatic N) is 1. The van der Waals surface area contributed by atoms with Crippen LogP contribution in [0.1, 0.15) is 0 Å². The molecule has 10 heteroatoms. The van der Waals surface area contributed by atoms with Gasteiger partial charge in [0.15, 0.2) is 0 Å². The summed E-state index contributed by atoms with van der Waals surface area (Å²) in [6, 6.07) is 10.5. The van der Waals surface area contributed by atoms with Crippen LogP contribution in [-0.2, 0) is 19.1 Å². The van der Waals surface area contributed by atoms with Gasteiger partial charge < -0.3 is 24.4 Å². The van der Waals surface area contributed by atoms with Gasteiger partial charge in [-0.1, -0.05) is 12.1 Å². The van der Waals surface area contributed by atoms with Gasteiger partial charge in [0.25, 0.3) is 0 Å². The molecule has 3 rings (SSSR count). The summed E-state index contributed by atoms with van der Waals surface area (Å²) in [5.74, 6) is -2.31. The van der Waals surface area contributed by atoms with Crippen LogP contribution in [0.5, 0.6) is 5.75 Å². The number of morpholine rings is 1. The molecule has 0 bridgehead atoms. The summed E-state index contributed by atoms with van der Waals surface area (Å²) in [6.07, 6.45) is -4.78. The van der Waals surface area contributed by atoms with Crippen molar-refractivity contribution in [2.45, 2.75) is 6.36 Å². The third-order valence-electron chi connectivity index (χ3n) is 4.38. The first kappa shape index (κ1) is 21.4. The third kappa shape index (κ3) is 5.41. The molecule has 1 aliphatic rings. The molecular formula is C20H19F3N2O5. The van der Waals surface area contributed by atoms with Crippen LogP contribution in [0.15, 0.2) is 42.5 Å². The van der Waals surface area contributed by atoms with Crippen molar-refractivity contribution in [2.75, 3.05) is 43.6 Å². The number of anilines is 2. The number of carbonyl (C=O) groups excluding carboxylic acids is 2. The van der Waals surface area contributed by atoms with Crippen LogP contribution in [0.25, 0.3) is 11.1 Å². The minimum atomic E-state index is -4.78. The number of carbonyl (C=O) groups is 2. The summed E-state index contributed by atoms with van der Waals surface area (Å²) in [5, 5.41) is 2.45. The predicted molar refractivity (Wildman–Crippen MR) is 102 cm³/mol. The SMILES string of the molecule is COC(=O)C(=O)Nc1ccc(N2CCOCC2)c(-c2ccc(OC(F)(F)F)cc2)c1. The second kappa shape index (κ2) is 9.04. The number of hydrogen-bond acceptors (Lipinski definition) is 6. The zero-order valence-corrected chi connectivity index (χ0v) is 16.0. The highest BCUT2D eigenvalue weighted by molar-refractivity contribution is 6.37. The van der Waals surface area contributed by atoms with Crippen LogP contribution in [0.2, 0.25) is 0 Å². The fourth-order valence-corrected chi connectivity index (χ4v) is 3.04. The molecule has 1 amide bonds. The van der Waals surface area contributed by atoms with Crippen molar-refractivity contribution in [3.63, 3.8) is 0 Å². The van der Waals surface area contributed by atoms with E-state index in [1.165, 1.54) is 24.3 Å². The van der Waals surface area contributed by atoms with Crippen LogP contribution in [-0.4, -0.2) is 51.7 Å². The standard InChI is InChI=1S/C20H19F3N2O5/c1-28-19(27)18(26)24-14-4-7-17(25-8-10-29-11-9-25)16(12-14)13-2-5-15(6-3-13)30-20(21,22)23/h2-7,12H,8-11H2,1H3,(H,24,26). The molecule has 2 aromatic carbocycles. The topological polar surface area (TPSA) is 77.1 Å². The van der Waals surface area contributed by atoms with E-state index in [0.29, 0.717) is 43.1 Å². The number of benzene rings is 2. The van der Waals surface area contributed by atoms with Crippen molar-refractivity contribution in [3.05, 3.63) is 42.5 Å². The van der Waals surface area contributed by atoms with E-state index in [0.717, 1.165) is 12.8 Å². The van der Waals surface area contributed by atoms with E-state index >= 15 is 0 Å². The van der Waals surface area contributed by atoms with Crippen molar-refractivity contribution in [1.29, 1.82) is 0 Å². The first-order valence-electron chi connectivity index (χ1n) is 8.99. The lowest BCUT2D eigenvalue weighted by atomic mass is 10.0. The fourth-order valence-electron chi connectivity index (χ4n) is 3.04. The van der Waals surface area contributed by atoms with E-state index in [1.807, 2.05) is 0 Å². The number of hydrogen-bond donors (Lipinski definition) is 1. The molecule has 1 saturated heterocycles. The third-order valence-corrected chi connectivity index (χ3v) is 4.38. The maximum atomic E-state index is 12.4. The summed E-state index contributed by atoms with van der Waals surface area (Å²) in [4.78, 5) is 25.3. The molecule has 1 N–H and O–H groups in total. The van der Waals surface area contributed by atoms with E-state index < -0.39 is 18.2 Å². The highest BCUT2D eigenvalue weighted by Gasteiger charge is 2.31. The van der Waals surface area contributed by atoms with Crippen LogP contribution in [0.4, 0.5) is 24.5 Å². The van der Waals surface area contributed by atoms with Crippen molar-refractivity contribution >= 4 is 23.3 Å². The van der Waals surface area contributed by atoms with Gasteiger partial charge in [0.05, 0.1) is 20.3 Å². The van der Waals surface area contributed by atoms with Crippen molar-refractivity contribution in [3.8, 4) is 16.9 Å². The van der Waals surface area contributed by atoms with Gasteiger partial charge in [-0.05, 0) is 35.9 Å². The number of amides is 1. The number of esters is 1. The quantitative estimate of drug-likeness (QED) is 0.600. The molecule has 0 unspecified atom stereocenters. The molecule has 160 valence electrons. The smallest absolute Gasteiger partial charge is 0.462 e. The van der Waals surface area contributed by atoms with E-state index in [9.17, 15) is 22.8 Å². The summed E-state index contributed by atoms with van der Waals surface area (Å²) in [5.41, 5.74) is 2.44. The van der Waals surface area contributed by atoms with Crippen molar-refractivity contribution in [1.82, 2.24) is 0 Å². The van der Waals surface area contributed by atoms with Gasteiger partial charge >= 0.3 is 18.2 Å². The summed E-state index contributed by atoms with van der Waals surface area (Å²) in [6.45, 7) is 2.35. The zero-order chi connectivity index (χ0) is 21.7. The first-order valence-corrected chi connectivity index (χ1v) is 8.99. The summed E-state index contributed by atoms with van der Waals surface area (Å²) < 4.78 is 50.9. The highest BCUT2D eigenvalue weighted by atomic mass is 19.4. The second-order valence-corrected chi connectivity index (χ2v) is 6.35. The van der Waals surface area contributed by atoms with E-state index in [2.05, 4.69) is 19.7 Å². The Kier molecular flexibility index (Phi) is 6.46. The van der Waals surface area contributed by atoms with Crippen molar-refractivity contribution < 1.29 is 37.0 Å². The van der Waals surface area contributed by atoms with Crippen LogP contribution in [0.3, 0.4) is 0 Å². The van der Waals surface area contributed by atoms with Gasteiger partial charge in [0.2, 0.25) is 0 Å². The molecule has 0 aromatic heterocycles. The second-order valence-electron chi connectivity index (χ2n) is 6.35. The minimum absolute atomic E-state index is 0.339. The number of rotatable bonds is 4. The lowest BCUT2D eigenvalue weighted by molar-refractivity contribution is -0.274. The molecule has 30 heavy (non-hydrogen) atoms. The average Bonchev–Trinajstić information content (AvgIpc) is 2.73. The molecule has 0 saturated carbocycles. The van der Waals surface area contributed by atoms with Gasteiger partial charge in [-0.15, -0.1) is 13.2 Å². The van der Waals surface area contributed by atoms with Crippen LogP contribution < -0.4 is 15.0 Å². The molecule has 0 spiro atoms. The predicted octanol–water partition coefficient (Wildman–Crippen LogP) is 3.20. The van der Waals surface area contributed by atoms with E-state index in [-0.39, 0.29) is 5.75 Å². The Morgan fingerprint density at radius 3 is 2.33 bits per heavy atom. The van der Waals surface area contributed by atoms with Gasteiger partial charge in [-0.2, -0.15) is 0 Å². The molecule has 1 fully saturated rings. The van der Waals surface area contributed by atoms with Crippen LogP contribution >= 0.6 is 0 Å². The Balaban J connectivity index is 1.94. The highest BCUT2D eigenvalue weighted by Crippen LogP contribution is 2.35. The van der Waals surface area contributed by atoms with Gasteiger partial charge in [0.1, 0.15) is 5.75 Å². The Morgan fingerprint density at radius 2 is 1.73 bits per heavy atom.